The van der Waals surface area contributed by atoms with Crippen LogP contribution in [0.15, 0.2) is 34.9 Å². The molecule has 1 aliphatic carbocycles. The predicted octanol–water partition coefficient (Wildman–Crippen LogP) is 4.01. The highest BCUT2D eigenvalue weighted by atomic mass is 19.4. The van der Waals surface area contributed by atoms with Gasteiger partial charge in [0.15, 0.2) is 0 Å². The third-order valence-corrected chi connectivity index (χ3v) is 7.98. The number of nitriles is 1. The van der Waals surface area contributed by atoms with Gasteiger partial charge in [-0.1, -0.05) is 0 Å². The van der Waals surface area contributed by atoms with Gasteiger partial charge in [-0.05, 0) is 63.7 Å². The first-order chi connectivity index (χ1) is 16.3. The van der Waals surface area contributed by atoms with E-state index in [4.69, 9.17) is 4.42 Å². The van der Waals surface area contributed by atoms with Gasteiger partial charge in [0.1, 0.15) is 11.5 Å². The van der Waals surface area contributed by atoms with E-state index in [0.29, 0.717) is 28.0 Å². The first-order valence-corrected chi connectivity index (χ1v) is 11.4. The van der Waals surface area contributed by atoms with Gasteiger partial charge in [-0.15, -0.1) is 10.2 Å². The van der Waals surface area contributed by atoms with Crippen molar-refractivity contribution in [2.45, 2.75) is 36.8 Å². The van der Waals surface area contributed by atoms with Crippen LogP contribution in [0.2, 0.25) is 0 Å². The number of hydrogen-bond donors (Lipinski definition) is 0. The average molecular weight is 468 g/mol. The average Bonchev–Trinajstić information content (AvgIpc) is 3.14. The Morgan fingerprint density at radius 1 is 1.15 bits per heavy atom. The number of hydrogen-bond acceptors (Lipinski definition) is 7. The van der Waals surface area contributed by atoms with Crippen LogP contribution in [0.3, 0.4) is 0 Å². The normalized spacial score (nSPS) is 27.7. The number of benzene rings is 1. The number of fused-ring (bicyclic) bond motifs is 2. The molecule has 34 heavy (non-hydrogen) atoms. The highest BCUT2D eigenvalue weighted by molar-refractivity contribution is 5.95. The zero-order chi connectivity index (χ0) is 23.7. The maximum Gasteiger partial charge on any atom is 0.397 e. The van der Waals surface area contributed by atoms with E-state index in [-0.39, 0.29) is 31.3 Å². The van der Waals surface area contributed by atoms with E-state index in [9.17, 15) is 18.4 Å². The van der Waals surface area contributed by atoms with Crippen molar-refractivity contribution in [2.24, 2.45) is 5.41 Å². The molecule has 0 radical (unpaired) electrons. The van der Waals surface area contributed by atoms with Gasteiger partial charge in [-0.3, -0.25) is 4.98 Å². The number of halogens is 3. The molecule has 2 aromatic heterocycles. The SMILES string of the molecule is CN1CCC(c2nnc([C@]34CN(c5ccc(C#N)c6ncccc56)C[C@@]3(C(F)(F)F)C4)o2)CC1. The fraction of sp³-hybridized carbons (Fsp3) is 0.500. The Morgan fingerprint density at radius 3 is 2.68 bits per heavy atom. The molecule has 0 amide bonds. The smallest absolute Gasteiger partial charge is 0.397 e. The maximum atomic E-state index is 14.5. The van der Waals surface area contributed by atoms with Gasteiger partial charge < -0.3 is 14.2 Å². The van der Waals surface area contributed by atoms with Gasteiger partial charge in [-0.2, -0.15) is 18.4 Å². The van der Waals surface area contributed by atoms with Gasteiger partial charge in [0, 0.05) is 36.3 Å². The molecule has 2 aliphatic heterocycles. The zero-order valence-corrected chi connectivity index (χ0v) is 18.6. The van der Waals surface area contributed by atoms with Crippen molar-refractivity contribution < 1.29 is 17.6 Å². The lowest BCUT2D eigenvalue weighted by molar-refractivity contribution is -0.187. The van der Waals surface area contributed by atoms with E-state index >= 15 is 0 Å². The largest absolute Gasteiger partial charge is 0.424 e. The summed E-state index contributed by atoms with van der Waals surface area (Å²) in [6.45, 7) is 1.72. The van der Waals surface area contributed by atoms with Crippen molar-refractivity contribution in [2.75, 3.05) is 38.1 Å². The molecule has 10 heteroatoms. The number of pyridine rings is 1. The van der Waals surface area contributed by atoms with Crippen LogP contribution in [0, 0.1) is 16.7 Å². The minimum Gasteiger partial charge on any atom is -0.424 e. The Bertz CT molecular complexity index is 1310. The number of aromatic nitrogens is 3. The lowest BCUT2D eigenvalue weighted by Gasteiger charge is -2.26. The molecule has 0 spiro atoms. The number of anilines is 1. The van der Waals surface area contributed by atoms with E-state index in [0.717, 1.165) is 25.9 Å². The highest BCUT2D eigenvalue weighted by Crippen LogP contribution is 2.75. The minimum atomic E-state index is -4.41. The van der Waals surface area contributed by atoms with Crippen LogP contribution in [0.5, 0.6) is 0 Å². The van der Waals surface area contributed by atoms with Crippen LogP contribution in [0.25, 0.3) is 10.9 Å². The molecule has 3 aliphatic rings. The van der Waals surface area contributed by atoms with Crippen LogP contribution < -0.4 is 4.90 Å². The number of alkyl halides is 3. The van der Waals surface area contributed by atoms with Crippen LogP contribution >= 0.6 is 0 Å². The van der Waals surface area contributed by atoms with Crippen molar-refractivity contribution in [3.8, 4) is 6.07 Å². The van der Waals surface area contributed by atoms with Gasteiger partial charge >= 0.3 is 6.18 Å². The quantitative estimate of drug-likeness (QED) is 0.575. The van der Waals surface area contributed by atoms with E-state index in [2.05, 4.69) is 26.2 Å². The molecular weight excluding hydrogens is 445 g/mol. The standard InChI is InChI=1S/C24H23F3N6O/c1-32-9-6-15(7-10-32)20-30-31-21(34-20)22-12-23(22,24(25,26)27)14-33(13-22)18-5-4-16(11-28)19-17(18)3-2-8-29-19/h2-5,8,15H,6-7,9-10,12-14H2,1H3/t22-,23-/m0/s1. The van der Waals surface area contributed by atoms with Gasteiger partial charge in [0.2, 0.25) is 11.8 Å². The summed E-state index contributed by atoms with van der Waals surface area (Å²) in [5.74, 6) is 0.628. The highest BCUT2D eigenvalue weighted by Gasteiger charge is 2.86. The number of likely N-dealkylation sites (tertiary alicyclic amines) is 1. The summed E-state index contributed by atoms with van der Waals surface area (Å²) < 4.78 is 49.4. The summed E-state index contributed by atoms with van der Waals surface area (Å²) in [6.07, 6.45) is -1.18. The molecule has 0 unspecified atom stereocenters. The molecule has 2 saturated heterocycles. The second-order valence-corrected chi connectivity index (χ2v) is 9.86. The molecule has 4 heterocycles. The summed E-state index contributed by atoms with van der Waals surface area (Å²) in [6, 6.07) is 8.96. The van der Waals surface area contributed by atoms with E-state index < -0.39 is 17.0 Å². The summed E-state index contributed by atoms with van der Waals surface area (Å²) in [7, 11) is 2.05. The third kappa shape index (κ3) is 2.89. The molecule has 0 N–H and O–H groups in total. The van der Waals surface area contributed by atoms with Gasteiger partial charge in [-0.25, -0.2) is 0 Å². The molecular formula is C24H23F3N6O. The predicted molar refractivity (Wildman–Crippen MR) is 117 cm³/mol. The fourth-order valence-electron chi connectivity index (χ4n) is 5.94. The molecule has 1 aromatic carbocycles. The summed E-state index contributed by atoms with van der Waals surface area (Å²) >= 11 is 0. The summed E-state index contributed by atoms with van der Waals surface area (Å²) in [5.41, 5.74) is -1.68. The first kappa shape index (κ1) is 21.4. The molecule has 3 aromatic rings. The second kappa shape index (κ2) is 7.15. The molecule has 0 bridgehead atoms. The monoisotopic (exact) mass is 468 g/mol. The topological polar surface area (TPSA) is 82.1 Å². The molecule has 176 valence electrons. The van der Waals surface area contributed by atoms with Crippen molar-refractivity contribution in [3.63, 3.8) is 0 Å². The van der Waals surface area contributed by atoms with Crippen LogP contribution in [-0.4, -0.2) is 59.5 Å². The fourth-order valence-corrected chi connectivity index (χ4v) is 5.94. The lowest BCUT2D eigenvalue weighted by atomic mass is 9.95. The van der Waals surface area contributed by atoms with E-state index in [1.165, 1.54) is 0 Å². The summed E-state index contributed by atoms with van der Waals surface area (Å²) in [5, 5.41) is 18.4. The molecule has 3 fully saturated rings. The van der Waals surface area contributed by atoms with Gasteiger partial charge in [0.05, 0.1) is 16.5 Å². The van der Waals surface area contributed by atoms with E-state index in [1.54, 1.807) is 35.4 Å². The zero-order valence-electron chi connectivity index (χ0n) is 18.6. The minimum absolute atomic E-state index is 0.0541. The van der Waals surface area contributed by atoms with Crippen molar-refractivity contribution in [1.29, 1.82) is 5.26 Å². The second-order valence-electron chi connectivity index (χ2n) is 9.86. The van der Waals surface area contributed by atoms with Crippen LogP contribution in [-0.2, 0) is 5.41 Å². The Kier molecular flexibility index (Phi) is 4.49. The molecule has 2 atom stereocenters. The van der Waals surface area contributed by atoms with Crippen LogP contribution in [0.1, 0.15) is 42.5 Å². The number of piperidine rings is 2. The first-order valence-electron chi connectivity index (χ1n) is 11.4. The third-order valence-electron chi connectivity index (χ3n) is 7.98. The Morgan fingerprint density at radius 2 is 1.94 bits per heavy atom. The van der Waals surface area contributed by atoms with Crippen molar-refractivity contribution in [1.82, 2.24) is 20.1 Å². The number of nitrogens with zero attached hydrogens (tertiary/aromatic N) is 6. The Hall–Kier alpha value is -3.19. The Balaban J connectivity index is 1.38. The molecule has 1 saturated carbocycles. The summed E-state index contributed by atoms with van der Waals surface area (Å²) in [4.78, 5) is 8.25. The van der Waals surface area contributed by atoms with E-state index in [1.807, 2.05) is 7.05 Å². The molecule has 7 nitrogen and oxygen atoms in total. The van der Waals surface area contributed by atoms with Gasteiger partial charge in [0.25, 0.3) is 0 Å². The number of rotatable bonds is 3. The van der Waals surface area contributed by atoms with Crippen molar-refractivity contribution in [3.05, 3.63) is 47.8 Å². The van der Waals surface area contributed by atoms with Crippen molar-refractivity contribution >= 4 is 16.6 Å². The molecule has 6 rings (SSSR count). The lowest BCUT2D eigenvalue weighted by Crippen LogP contribution is -2.34. The van der Waals surface area contributed by atoms with Crippen LogP contribution in [0.4, 0.5) is 18.9 Å². The Labute approximate surface area is 194 Å². The maximum absolute atomic E-state index is 14.5.